The highest BCUT2D eigenvalue weighted by Crippen LogP contribution is 2.33. The molecule has 1 aliphatic heterocycles. The van der Waals surface area contributed by atoms with Gasteiger partial charge in [-0.05, 0) is 19.0 Å². The second-order valence-electron chi connectivity index (χ2n) is 4.37. The predicted molar refractivity (Wildman–Crippen MR) is 69.3 cm³/mol. The van der Waals surface area contributed by atoms with E-state index in [4.69, 9.17) is 4.74 Å². The topological polar surface area (TPSA) is 67.6 Å². The van der Waals surface area contributed by atoms with E-state index in [9.17, 15) is 10.1 Å². The number of anilines is 1. The average molecular weight is 251 g/mol. The summed E-state index contributed by atoms with van der Waals surface area (Å²) in [5.41, 5.74) is 0.721. The first kappa shape index (κ1) is 12.6. The third kappa shape index (κ3) is 2.38. The quantitative estimate of drug-likeness (QED) is 0.647. The van der Waals surface area contributed by atoms with Crippen molar-refractivity contribution in [2.75, 3.05) is 32.1 Å². The van der Waals surface area contributed by atoms with Crippen molar-refractivity contribution in [3.63, 3.8) is 0 Å². The molecular weight excluding hydrogens is 234 g/mol. The van der Waals surface area contributed by atoms with Crippen molar-refractivity contribution < 1.29 is 9.66 Å². The van der Waals surface area contributed by atoms with E-state index in [1.807, 2.05) is 11.9 Å². The molecule has 0 aliphatic carbocycles. The lowest BCUT2D eigenvalue weighted by molar-refractivity contribution is -0.384. The summed E-state index contributed by atoms with van der Waals surface area (Å²) < 4.78 is 5.14. The standard InChI is InChI=1S/C12H17N3O3/c1-14(9-5-6-13-8-9)12-7-10(18-2)3-4-11(12)15(16)17/h3-4,7,9,13H,5-6,8H2,1-2H3. The number of nitrogens with one attached hydrogen (secondary N) is 1. The Bertz CT molecular complexity index is 444. The lowest BCUT2D eigenvalue weighted by Gasteiger charge is -2.25. The number of nitro groups is 1. The number of nitro benzene ring substituents is 1. The SMILES string of the molecule is COc1ccc([N+](=O)[O-])c(N(C)C2CCNC2)c1. The Hall–Kier alpha value is -1.82. The highest BCUT2D eigenvalue weighted by atomic mass is 16.6. The largest absolute Gasteiger partial charge is 0.497 e. The molecule has 1 heterocycles. The maximum atomic E-state index is 11.1. The van der Waals surface area contributed by atoms with Crippen LogP contribution in [0.3, 0.4) is 0 Å². The van der Waals surface area contributed by atoms with Crippen LogP contribution in [0.15, 0.2) is 18.2 Å². The van der Waals surface area contributed by atoms with E-state index in [2.05, 4.69) is 5.32 Å². The molecule has 0 spiro atoms. The third-order valence-corrected chi connectivity index (χ3v) is 3.34. The van der Waals surface area contributed by atoms with Gasteiger partial charge in [0.15, 0.2) is 0 Å². The predicted octanol–water partition coefficient (Wildman–Crippen LogP) is 1.40. The zero-order chi connectivity index (χ0) is 13.1. The van der Waals surface area contributed by atoms with Crippen LogP contribution < -0.4 is 15.0 Å². The summed E-state index contributed by atoms with van der Waals surface area (Å²) in [5, 5.41) is 14.3. The third-order valence-electron chi connectivity index (χ3n) is 3.34. The molecule has 1 N–H and O–H groups in total. The Kier molecular flexibility index (Phi) is 3.66. The summed E-state index contributed by atoms with van der Waals surface area (Å²) in [6.45, 7) is 1.80. The lowest BCUT2D eigenvalue weighted by Crippen LogP contribution is -2.33. The number of nitrogens with zero attached hydrogens (tertiary/aromatic N) is 2. The Balaban J connectivity index is 2.35. The molecule has 1 unspecified atom stereocenters. The molecule has 0 aromatic heterocycles. The average Bonchev–Trinajstić information content (AvgIpc) is 2.90. The van der Waals surface area contributed by atoms with Crippen molar-refractivity contribution in [3.05, 3.63) is 28.3 Å². The van der Waals surface area contributed by atoms with E-state index in [0.717, 1.165) is 19.5 Å². The van der Waals surface area contributed by atoms with Crippen molar-refractivity contribution in [1.82, 2.24) is 5.32 Å². The van der Waals surface area contributed by atoms with Gasteiger partial charge in [-0.2, -0.15) is 0 Å². The Labute approximate surface area is 106 Å². The minimum atomic E-state index is -0.354. The number of ether oxygens (including phenoxy) is 1. The van der Waals surface area contributed by atoms with Crippen molar-refractivity contribution in [2.24, 2.45) is 0 Å². The van der Waals surface area contributed by atoms with Gasteiger partial charge >= 0.3 is 0 Å². The van der Waals surface area contributed by atoms with Gasteiger partial charge in [0.2, 0.25) is 0 Å². The van der Waals surface area contributed by atoms with Crippen LogP contribution in [-0.2, 0) is 0 Å². The zero-order valence-electron chi connectivity index (χ0n) is 10.5. The van der Waals surface area contributed by atoms with Crippen molar-refractivity contribution in [2.45, 2.75) is 12.5 Å². The van der Waals surface area contributed by atoms with Gasteiger partial charge in [0.25, 0.3) is 5.69 Å². The van der Waals surface area contributed by atoms with Gasteiger partial charge in [0.1, 0.15) is 11.4 Å². The highest BCUT2D eigenvalue weighted by molar-refractivity contribution is 5.66. The molecule has 18 heavy (non-hydrogen) atoms. The van der Waals surface area contributed by atoms with Crippen molar-refractivity contribution in [3.8, 4) is 5.75 Å². The fourth-order valence-electron chi connectivity index (χ4n) is 2.23. The first-order valence-corrected chi connectivity index (χ1v) is 5.89. The summed E-state index contributed by atoms with van der Waals surface area (Å²) in [5.74, 6) is 0.633. The molecule has 0 bridgehead atoms. The first-order valence-electron chi connectivity index (χ1n) is 5.89. The molecule has 2 rings (SSSR count). The first-order chi connectivity index (χ1) is 8.63. The summed E-state index contributed by atoms with van der Waals surface area (Å²) in [6.07, 6.45) is 0.991. The second-order valence-corrected chi connectivity index (χ2v) is 4.37. The molecule has 98 valence electrons. The molecule has 1 atom stereocenters. The number of hydrogen-bond acceptors (Lipinski definition) is 5. The van der Waals surface area contributed by atoms with Gasteiger partial charge in [-0.25, -0.2) is 0 Å². The second kappa shape index (κ2) is 5.22. The Morgan fingerprint density at radius 1 is 1.56 bits per heavy atom. The van der Waals surface area contributed by atoms with Gasteiger partial charge < -0.3 is 15.0 Å². The van der Waals surface area contributed by atoms with E-state index < -0.39 is 0 Å². The maximum absolute atomic E-state index is 11.1. The van der Waals surface area contributed by atoms with E-state index in [1.165, 1.54) is 6.07 Å². The van der Waals surface area contributed by atoms with E-state index >= 15 is 0 Å². The minimum Gasteiger partial charge on any atom is -0.497 e. The van der Waals surface area contributed by atoms with Crippen LogP contribution in [-0.4, -0.2) is 38.2 Å². The molecule has 1 aromatic carbocycles. The van der Waals surface area contributed by atoms with Crippen LogP contribution in [0.25, 0.3) is 0 Å². The number of methoxy groups -OCH3 is 1. The van der Waals surface area contributed by atoms with Crippen LogP contribution in [0.4, 0.5) is 11.4 Å². The smallest absolute Gasteiger partial charge is 0.292 e. The van der Waals surface area contributed by atoms with Crippen molar-refractivity contribution in [1.29, 1.82) is 0 Å². The highest BCUT2D eigenvalue weighted by Gasteiger charge is 2.25. The molecule has 1 aromatic rings. The Morgan fingerprint density at radius 2 is 2.33 bits per heavy atom. The number of likely N-dealkylation sites (N-methyl/N-ethyl adjacent to an activating group) is 1. The normalized spacial score (nSPS) is 18.7. The molecule has 1 aliphatic rings. The minimum absolute atomic E-state index is 0.116. The van der Waals surface area contributed by atoms with Crippen LogP contribution in [0.1, 0.15) is 6.42 Å². The van der Waals surface area contributed by atoms with Crippen LogP contribution in [0.5, 0.6) is 5.75 Å². The fourth-order valence-corrected chi connectivity index (χ4v) is 2.23. The number of benzene rings is 1. The summed E-state index contributed by atoms with van der Waals surface area (Å²) >= 11 is 0. The van der Waals surface area contributed by atoms with Gasteiger partial charge in [0, 0.05) is 31.8 Å². The molecule has 6 nitrogen and oxygen atoms in total. The summed E-state index contributed by atoms with van der Waals surface area (Å²) in [4.78, 5) is 12.7. The molecule has 0 amide bonds. The van der Waals surface area contributed by atoms with Crippen LogP contribution >= 0.6 is 0 Å². The summed E-state index contributed by atoms with van der Waals surface area (Å²) in [6, 6.07) is 5.11. The molecular formula is C12H17N3O3. The number of rotatable bonds is 4. The van der Waals surface area contributed by atoms with E-state index in [0.29, 0.717) is 11.4 Å². The lowest BCUT2D eigenvalue weighted by atomic mass is 10.1. The van der Waals surface area contributed by atoms with Gasteiger partial charge in [-0.1, -0.05) is 0 Å². The van der Waals surface area contributed by atoms with Crippen LogP contribution in [0.2, 0.25) is 0 Å². The van der Waals surface area contributed by atoms with E-state index in [-0.39, 0.29) is 16.7 Å². The monoisotopic (exact) mass is 251 g/mol. The fraction of sp³-hybridized carbons (Fsp3) is 0.500. The Morgan fingerprint density at radius 3 is 2.89 bits per heavy atom. The van der Waals surface area contributed by atoms with Gasteiger partial charge in [-0.15, -0.1) is 0 Å². The van der Waals surface area contributed by atoms with Gasteiger partial charge in [-0.3, -0.25) is 10.1 Å². The number of hydrogen-bond donors (Lipinski definition) is 1. The molecule has 1 saturated heterocycles. The van der Waals surface area contributed by atoms with E-state index in [1.54, 1.807) is 19.2 Å². The van der Waals surface area contributed by atoms with Crippen LogP contribution in [0, 0.1) is 10.1 Å². The van der Waals surface area contributed by atoms with Gasteiger partial charge in [0.05, 0.1) is 12.0 Å². The van der Waals surface area contributed by atoms with Crippen molar-refractivity contribution >= 4 is 11.4 Å². The molecule has 0 saturated carbocycles. The molecule has 0 radical (unpaired) electrons. The maximum Gasteiger partial charge on any atom is 0.292 e. The summed E-state index contributed by atoms with van der Waals surface area (Å²) in [7, 11) is 3.45. The zero-order valence-corrected chi connectivity index (χ0v) is 10.5. The molecule has 6 heteroatoms. The molecule has 1 fully saturated rings.